The fraction of sp³-hybridized carbons (Fsp3) is 0.333. The van der Waals surface area contributed by atoms with Crippen molar-refractivity contribution in [3.8, 4) is 17.2 Å². The van der Waals surface area contributed by atoms with Crippen molar-refractivity contribution in [1.29, 1.82) is 0 Å². The van der Waals surface area contributed by atoms with Gasteiger partial charge in [0, 0.05) is 38.5 Å². The summed E-state index contributed by atoms with van der Waals surface area (Å²) >= 11 is 0. The molecule has 1 fully saturated rings. The molecule has 3 rings (SSSR count). The van der Waals surface area contributed by atoms with Crippen LogP contribution in [-0.2, 0) is 4.79 Å². The lowest BCUT2D eigenvalue weighted by Crippen LogP contribution is -2.48. The minimum absolute atomic E-state index is 0.0191. The summed E-state index contributed by atoms with van der Waals surface area (Å²) in [7, 11) is 4.69. The molecule has 0 unspecified atom stereocenters. The Morgan fingerprint density at radius 3 is 2.21 bits per heavy atom. The maximum Gasteiger partial charge on any atom is 0.246 e. The second-order valence-electron chi connectivity index (χ2n) is 6.29. The first kappa shape index (κ1) is 19.5. The summed E-state index contributed by atoms with van der Waals surface area (Å²) in [6.45, 7) is 2.85. The van der Waals surface area contributed by atoms with E-state index in [1.54, 1.807) is 39.7 Å². The van der Waals surface area contributed by atoms with E-state index in [0.29, 0.717) is 30.3 Å². The van der Waals surface area contributed by atoms with E-state index in [-0.39, 0.29) is 5.91 Å². The topological polar surface area (TPSA) is 64.1 Å². The van der Waals surface area contributed by atoms with Gasteiger partial charge in [0.2, 0.25) is 11.7 Å². The van der Waals surface area contributed by atoms with Crippen LogP contribution < -0.4 is 19.1 Å². The van der Waals surface area contributed by atoms with Gasteiger partial charge in [-0.25, -0.2) is 4.98 Å². The van der Waals surface area contributed by atoms with E-state index >= 15 is 0 Å². The molecule has 1 saturated heterocycles. The van der Waals surface area contributed by atoms with E-state index in [1.807, 2.05) is 35.2 Å². The summed E-state index contributed by atoms with van der Waals surface area (Å²) in [5, 5.41) is 0. The molecular formula is C21H25N3O4. The third-order valence-electron chi connectivity index (χ3n) is 4.67. The van der Waals surface area contributed by atoms with Crippen molar-refractivity contribution in [2.45, 2.75) is 0 Å². The zero-order valence-electron chi connectivity index (χ0n) is 16.4. The lowest BCUT2D eigenvalue weighted by atomic mass is 10.1. The number of pyridine rings is 1. The number of amides is 1. The van der Waals surface area contributed by atoms with Gasteiger partial charge in [0.05, 0.1) is 21.3 Å². The number of carbonyl (C=O) groups is 1. The van der Waals surface area contributed by atoms with Gasteiger partial charge in [-0.1, -0.05) is 6.07 Å². The van der Waals surface area contributed by atoms with Gasteiger partial charge in [0.15, 0.2) is 11.5 Å². The van der Waals surface area contributed by atoms with Crippen molar-refractivity contribution in [1.82, 2.24) is 9.88 Å². The Balaban J connectivity index is 1.64. The highest BCUT2D eigenvalue weighted by molar-refractivity contribution is 5.92. The molecule has 0 bridgehead atoms. The first-order valence-corrected chi connectivity index (χ1v) is 9.09. The fourth-order valence-corrected chi connectivity index (χ4v) is 3.17. The molecule has 0 spiro atoms. The molecule has 1 aromatic carbocycles. The number of nitrogens with zero attached hydrogens (tertiary/aromatic N) is 3. The standard InChI is InChI=1S/C21H25N3O4/c1-26-17-14-16(15-18(27-2)21(17)28-3)7-8-20(25)24-12-10-23(11-13-24)19-6-4-5-9-22-19/h4-9,14-15H,10-13H2,1-3H3. The van der Waals surface area contributed by atoms with Crippen molar-refractivity contribution < 1.29 is 19.0 Å². The van der Waals surface area contributed by atoms with Crippen LogP contribution in [0.25, 0.3) is 6.08 Å². The molecule has 2 aromatic rings. The molecule has 0 N–H and O–H groups in total. The average Bonchev–Trinajstić information content (AvgIpc) is 2.77. The number of rotatable bonds is 6. The van der Waals surface area contributed by atoms with Gasteiger partial charge < -0.3 is 24.0 Å². The zero-order chi connectivity index (χ0) is 19.9. The average molecular weight is 383 g/mol. The second-order valence-corrected chi connectivity index (χ2v) is 6.29. The van der Waals surface area contributed by atoms with Gasteiger partial charge in [-0.2, -0.15) is 0 Å². The zero-order valence-corrected chi connectivity index (χ0v) is 16.4. The number of hydrogen-bond acceptors (Lipinski definition) is 6. The molecule has 7 heteroatoms. The van der Waals surface area contributed by atoms with Gasteiger partial charge in [-0.15, -0.1) is 0 Å². The first-order chi connectivity index (χ1) is 13.7. The summed E-state index contributed by atoms with van der Waals surface area (Å²) < 4.78 is 16.0. The van der Waals surface area contributed by atoms with Crippen LogP contribution in [0.2, 0.25) is 0 Å². The highest BCUT2D eigenvalue weighted by Gasteiger charge is 2.20. The molecule has 0 aliphatic carbocycles. The van der Waals surface area contributed by atoms with Crippen LogP contribution >= 0.6 is 0 Å². The molecule has 1 aromatic heterocycles. The van der Waals surface area contributed by atoms with Gasteiger partial charge >= 0.3 is 0 Å². The van der Waals surface area contributed by atoms with Crippen LogP contribution in [0.5, 0.6) is 17.2 Å². The summed E-state index contributed by atoms with van der Waals surface area (Å²) in [6.07, 6.45) is 5.13. The van der Waals surface area contributed by atoms with Crippen LogP contribution in [0.15, 0.2) is 42.6 Å². The largest absolute Gasteiger partial charge is 0.493 e. The Hall–Kier alpha value is -3.22. The van der Waals surface area contributed by atoms with Crippen molar-refractivity contribution in [2.24, 2.45) is 0 Å². The fourth-order valence-electron chi connectivity index (χ4n) is 3.17. The normalized spacial score (nSPS) is 14.2. The summed E-state index contributed by atoms with van der Waals surface area (Å²) in [6, 6.07) is 9.48. The number of benzene rings is 1. The van der Waals surface area contributed by atoms with Crippen LogP contribution in [0.4, 0.5) is 5.82 Å². The number of ether oxygens (including phenoxy) is 3. The third kappa shape index (κ3) is 4.36. The van der Waals surface area contributed by atoms with E-state index in [2.05, 4.69) is 9.88 Å². The number of aromatic nitrogens is 1. The molecule has 0 radical (unpaired) electrons. The first-order valence-electron chi connectivity index (χ1n) is 9.09. The van der Waals surface area contributed by atoms with Crippen LogP contribution in [0.1, 0.15) is 5.56 Å². The Bertz CT molecular complexity index is 806. The molecule has 0 saturated carbocycles. The predicted molar refractivity (Wildman–Crippen MR) is 108 cm³/mol. The van der Waals surface area contributed by atoms with E-state index in [1.165, 1.54) is 0 Å². The highest BCUT2D eigenvalue weighted by Crippen LogP contribution is 2.38. The van der Waals surface area contributed by atoms with Crippen LogP contribution in [0, 0.1) is 0 Å². The van der Waals surface area contributed by atoms with Crippen LogP contribution in [0.3, 0.4) is 0 Å². The number of anilines is 1. The second kappa shape index (κ2) is 9.12. The van der Waals surface area contributed by atoms with E-state index in [0.717, 1.165) is 24.5 Å². The SMILES string of the molecule is COc1cc(C=CC(=O)N2CCN(c3ccccn3)CC2)cc(OC)c1OC. The van der Waals surface area contributed by atoms with Crippen molar-refractivity contribution in [3.05, 3.63) is 48.2 Å². The molecule has 28 heavy (non-hydrogen) atoms. The van der Waals surface area contributed by atoms with Gasteiger partial charge in [0.1, 0.15) is 5.82 Å². The lowest BCUT2D eigenvalue weighted by molar-refractivity contribution is -0.126. The van der Waals surface area contributed by atoms with E-state index < -0.39 is 0 Å². The minimum atomic E-state index is -0.0191. The monoisotopic (exact) mass is 383 g/mol. The number of methoxy groups -OCH3 is 3. The molecule has 7 nitrogen and oxygen atoms in total. The van der Waals surface area contributed by atoms with E-state index in [4.69, 9.17) is 14.2 Å². The predicted octanol–water partition coefficient (Wildman–Crippen LogP) is 2.47. The molecule has 1 aliphatic rings. The Kier molecular flexibility index (Phi) is 6.37. The number of hydrogen-bond donors (Lipinski definition) is 0. The molecule has 2 heterocycles. The minimum Gasteiger partial charge on any atom is -0.493 e. The summed E-state index contributed by atoms with van der Waals surface area (Å²) in [4.78, 5) is 21.0. The van der Waals surface area contributed by atoms with Gasteiger partial charge in [0.25, 0.3) is 0 Å². The molecule has 148 valence electrons. The Morgan fingerprint density at radius 1 is 1.00 bits per heavy atom. The molecular weight excluding hydrogens is 358 g/mol. The Labute approximate surface area is 165 Å². The third-order valence-corrected chi connectivity index (χ3v) is 4.67. The summed E-state index contributed by atoms with van der Waals surface area (Å²) in [5.41, 5.74) is 0.801. The van der Waals surface area contributed by atoms with Crippen LogP contribution in [-0.4, -0.2) is 63.3 Å². The maximum absolute atomic E-state index is 12.6. The molecule has 1 aliphatic heterocycles. The van der Waals surface area contributed by atoms with Gasteiger partial charge in [-0.3, -0.25) is 4.79 Å². The highest BCUT2D eigenvalue weighted by atomic mass is 16.5. The lowest BCUT2D eigenvalue weighted by Gasteiger charge is -2.34. The van der Waals surface area contributed by atoms with Gasteiger partial charge in [-0.05, 0) is 35.9 Å². The Morgan fingerprint density at radius 2 is 1.68 bits per heavy atom. The summed E-state index contributed by atoms with van der Waals surface area (Å²) in [5.74, 6) is 2.56. The van der Waals surface area contributed by atoms with Crippen molar-refractivity contribution in [2.75, 3.05) is 52.4 Å². The molecule has 1 amide bonds. The van der Waals surface area contributed by atoms with E-state index in [9.17, 15) is 4.79 Å². The quantitative estimate of drug-likeness (QED) is 0.714. The number of piperazine rings is 1. The van der Waals surface area contributed by atoms with Crippen molar-refractivity contribution in [3.63, 3.8) is 0 Å². The van der Waals surface area contributed by atoms with Crippen molar-refractivity contribution >= 4 is 17.8 Å². The maximum atomic E-state index is 12.6. The molecule has 0 atom stereocenters. The number of carbonyl (C=O) groups excluding carboxylic acids is 1. The smallest absolute Gasteiger partial charge is 0.246 e.